The summed E-state index contributed by atoms with van der Waals surface area (Å²) in [4.78, 5) is 14.3. The van der Waals surface area contributed by atoms with Gasteiger partial charge in [0.2, 0.25) is 5.91 Å². The van der Waals surface area contributed by atoms with Crippen LogP contribution in [0.1, 0.15) is 26.2 Å². The minimum atomic E-state index is 0.280. The molecule has 3 rings (SSSR count). The highest BCUT2D eigenvalue weighted by atomic mass is 16.2. The summed E-state index contributed by atoms with van der Waals surface area (Å²) in [6, 6.07) is 1.89. The molecule has 1 aromatic rings. The summed E-state index contributed by atoms with van der Waals surface area (Å²) in [6.07, 6.45) is 8.90. The monoisotopic (exact) mass is 259 g/mol. The Morgan fingerprint density at radius 2 is 2.26 bits per heavy atom. The Labute approximate surface area is 114 Å². The van der Waals surface area contributed by atoms with Gasteiger partial charge in [-0.3, -0.25) is 9.48 Å². The van der Waals surface area contributed by atoms with Gasteiger partial charge in [-0.05, 0) is 37.7 Å². The summed E-state index contributed by atoms with van der Waals surface area (Å²) in [5.41, 5.74) is 1.49. The zero-order valence-corrected chi connectivity index (χ0v) is 11.5. The minimum Gasteiger partial charge on any atom is -0.342 e. The van der Waals surface area contributed by atoms with Crippen molar-refractivity contribution in [3.05, 3.63) is 30.1 Å². The SMILES string of the molecule is CC1=CC[C@@H]2CN(C(=O)CCn3cccn3)C[C@@H]2C1. The molecule has 0 spiro atoms. The topological polar surface area (TPSA) is 38.1 Å². The number of amides is 1. The van der Waals surface area contributed by atoms with Gasteiger partial charge >= 0.3 is 0 Å². The molecule has 0 N–H and O–H groups in total. The number of allylic oxidation sites excluding steroid dienone is 2. The molecule has 0 radical (unpaired) electrons. The Morgan fingerprint density at radius 1 is 1.42 bits per heavy atom. The first kappa shape index (κ1) is 12.5. The van der Waals surface area contributed by atoms with Crippen LogP contribution in [0.5, 0.6) is 0 Å². The average Bonchev–Trinajstić information content (AvgIpc) is 3.04. The summed E-state index contributed by atoms with van der Waals surface area (Å²) in [6.45, 7) is 4.80. The van der Waals surface area contributed by atoms with Crippen molar-refractivity contribution in [1.29, 1.82) is 0 Å². The molecule has 2 heterocycles. The molecule has 19 heavy (non-hydrogen) atoms. The number of aryl methyl sites for hydroxylation is 1. The highest BCUT2D eigenvalue weighted by Gasteiger charge is 2.35. The Balaban J connectivity index is 1.52. The van der Waals surface area contributed by atoms with Crippen LogP contribution in [0, 0.1) is 11.8 Å². The van der Waals surface area contributed by atoms with E-state index in [1.807, 2.05) is 16.9 Å². The predicted molar refractivity (Wildman–Crippen MR) is 73.4 cm³/mol. The molecule has 1 fully saturated rings. The first-order valence-corrected chi connectivity index (χ1v) is 7.13. The largest absolute Gasteiger partial charge is 0.342 e. The number of rotatable bonds is 3. The number of carbonyl (C=O) groups is 1. The molecule has 2 aliphatic rings. The number of nitrogens with zero attached hydrogens (tertiary/aromatic N) is 3. The second-order valence-electron chi connectivity index (χ2n) is 5.83. The van der Waals surface area contributed by atoms with Crippen LogP contribution in [-0.4, -0.2) is 33.7 Å². The normalized spacial score (nSPS) is 26.2. The van der Waals surface area contributed by atoms with Crippen LogP contribution in [-0.2, 0) is 11.3 Å². The van der Waals surface area contributed by atoms with Crippen LogP contribution < -0.4 is 0 Å². The van der Waals surface area contributed by atoms with Gasteiger partial charge in [-0.1, -0.05) is 11.6 Å². The van der Waals surface area contributed by atoms with Crippen molar-refractivity contribution in [2.75, 3.05) is 13.1 Å². The number of likely N-dealkylation sites (tertiary alicyclic amines) is 1. The van der Waals surface area contributed by atoms with E-state index in [2.05, 4.69) is 23.0 Å². The zero-order valence-electron chi connectivity index (χ0n) is 11.5. The molecule has 1 aliphatic carbocycles. The van der Waals surface area contributed by atoms with Gasteiger partial charge in [-0.25, -0.2) is 0 Å². The lowest BCUT2D eigenvalue weighted by Crippen LogP contribution is -2.29. The molecule has 1 saturated heterocycles. The molecular weight excluding hydrogens is 238 g/mol. The van der Waals surface area contributed by atoms with E-state index in [9.17, 15) is 4.79 Å². The summed E-state index contributed by atoms with van der Waals surface area (Å²) < 4.78 is 1.83. The Morgan fingerprint density at radius 3 is 3.05 bits per heavy atom. The number of hydrogen-bond donors (Lipinski definition) is 0. The highest BCUT2D eigenvalue weighted by Crippen LogP contribution is 2.35. The van der Waals surface area contributed by atoms with Crippen molar-refractivity contribution in [2.24, 2.45) is 11.8 Å². The summed E-state index contributed by atoms with van der Waals surface area (Å²) in [5, 5.41) is 4.13. The maximum Gasteiger partial charge on any atom is 0.224 e. The Bertz CT molecular complexity index is 478. The van der Waals surface area contributed by atoms with Gasteiger partial charge in [-0.15, -0.1) is 0 Å². The minimum absolute atomic E-state index is 0.280. The second-order valence-corrected chi connectivity index (χ2v) is 5.83. The standard InChI is InChI=1S/C15H21N3O/c1-12-3-4-13-10-17(11-14(13)9-12)15(19)5-8-18-7-2-6-16-18/h2-3,6-7,13-14H,4-5,8-11H2,1H3/t13-,14+/m1/s1. The van der Waals surface area contributed by atoms with E-state index in [0.29, 0.717) is 24.8 Å². The lowest BCUT2D eigenvalue weighted by molar-refractivity contribution is -0.130. The van der Waals surface area contributed by atoms with Crippen molar-refractivity contribution in [1.82, 2.24) is 14.7 Å². The smallest absolute Gasteiger partial charge is 0.224 e. The fourth-order valence-electron chi connectivity index (χ4n) is 3.29. The quantitative estimate of drug-likeness (QED) is 0.780. The van der Waals surface area contributed by atoms with E-state index in [1.54, 1.807) is 6.20 Å². The molecule has 0 unspecified atom stereocenters. The zero-order chi connectivity index (χ0) is 13.2. The molecule has 2 atom stereocenters. The lowest BCUT2D eigenvalue weighted by atomic mass is 9.83. The molecule has 4 nitrogen and oxygen atoms in total. The van der Waals surface area contributed by atoms with E-state index in [1.165, 1.54) is 12.0 Å². The van der Waals surface area contributed by atoms with Gasteiger partial charge in [0.1, 0.15) is 0 Å². The fourth-order valence-corrected chi connectivity index (χ4v) is 3.29. The maximum absolute atomic E-state index is 12.2. The number of aromatic nitrogens is 2. The summed E-state index contributed by atoms with van der Waals surface area (Å²) in [5.74, 6) is 1.67. The summed E-state index contributed by atoms with van der Waals surface area (Å²) in [7, 11) is 0. The first-order chi connectivity index (χ1) is 9.22. The number of carbonyl (C=O) groups excluding carboxylic acids is 1. The molecule has 102 valence electrons. The first-order valence-electron chi connectivity index (χ1n) is 7.13. The molecule has 0 bridgehead atoms. The van der Waals surface area contributed by atoms with Crippen molar-refractivity contribution in [3.63, 3.8) is 0 Å². The van der Waals surface area contributed by atoms with Crippen LogP contribution in [0.2, 0.25) is 0 Å². The lowest BCUT2D eigenvalue weighted by Gasteiger charge is -2.21. The van der Waals surface area contributed by atoms with Gasteiger partial charge in [0.15, 0.2) is 0 Å². The fraction of sp³-hybridized carbons (Fsp3) is 0.600. The third-order valence-corrected chi connectivity index (χ3v) is 4.40. The van der Waals surface area contributed by atoms with Crippen molar-refractivity contribution in [3.8, 4) is 0 Å². The van der Waals surface area contributed by atoms with E-state index in [-0.39, 0.29) is 5.91 Å². The van der Waals surface area contributed by atoms with Crippen molar-refractivity contribution >= 4 is 5.91 Å². The maximum atomic E-state index is 12.2. The van der Waals surface area contributed by atoms with Crippen molar-refractivity contribution < 1.29 is 4.79 Å². The third kappa shape index (κ3) is 2.72. The molecule has 4 heteroatoms. The second kappa shape index (κ2) is 5.19. The number of hydrogen-bond acceptors (Lipinski definition) is 2. The van der Waals surface area contributed by atoms with Crippen LogP contribution in [0.15, 0.2) is 30.1 Å². The van der Waals surface area contributed by atoms with Crippen LogP contribution in [0.25, 0.3) is 0 Å². The molecule has 0 saturated carbocycles. The van der Waals surface area contributed by atoms with E-state index in [4.69, 9.17) is 0 Å². The highest BCUT2D eigenvalue weighted by molar-refractivity contribution is 5.76. The van der Waals surface area contributed by atoms with E-state index in [0.717, 1.165) is 19.5 Å². The Kier molecular flexibility index (Phi) is 3.40. The summed E-state index contributed by atoms with van der Waals surface area (Å²) >= 11 is 0. The van der Waals surface area contributed by atoms with Gasteiger partial charge in [0, 0.05) is 38.4 Å². The number of fused-ring (bicyclic) bond motifs is 1. The molecule has 0 aromatic carbocycles. The molecule has 1 aromatic heterocycles. The van der Waals surface area contributed by atoms with Gasteiger partial charge < -0.3 is 4.90 Å². The molecule has 1 amide bonds. The van der Waals surface area contributed by atoms with E-state index >= 15 is 0 Å². The predicted octanol–water partition coefficient (Wildman–Crippen LogP) is 2.09. The third-order valence-electron chi connectivity index (χ3n) is 4.40. The van der Waals surface area contributed by atoms with Gasteiger partial charge in [0.05, 0.1) is 0 Å². The molecule has 1 aliphatic heterocycles. The van der Waals surface area contributed by atoms with Crippen LogP contribution in [0.3, 0.4) is 0 Å². The van der Waals surface area contributed by atoms with Gasteiger partial charge in [-0.2, -0.15) is 5.10 Å². The van der Waals surface area contributed by atoms with Crippen LogP contribution >= 0.6 is 0 Å². The average molecular weight is 259 g/mol. The van der Waals surface area contributed by atoms with E-state index < -0.39 is 0 Å². The Hall–Kier alpha value is -1.58. The molecular formula is C15H21N3O. The van der Waals surface area contributed by atoms with Crippen molar-refractivity contribution in [2.45, 2.75) is 32.7 Å². The van der Waals surface area contributed by atoms with Crippen LogP contribution in [0.4, 0.5) is 0 Å². The van der Waals surface area contributed by atoms with Gasteiger partial charge in [0.25, 0.3) is 0 Å².